The van der Waals surface area contributed by atoms with Crippen LogP contribution in [0.1, 0.15) is 34.8 Å². The number of nitrogens with zero attached hydrogens (tertiary/aromatic N) is 4. The van der Waals surface area contributed by atoms with Crippen molar-refractivity contribution in [2.75, 3.05) is 52.9 Å². The maximum atomic E-state index is 12.3. The van der Waals surface area contributed by atoms with Crippen molar-refractivity contribution in [1.82, 2.24) is 25.4 Å². The second-order valence-corrected chi connectivity index (χ2v) is 9.01. The molecule has 0 unspecified atom stereocenters. The first-order valence-electron chi connectivity index (χ1n) is 10.5. The number of rotatable bonds is 7. The number of carbonyl (C=O) groups excluding carboxylic acids is 1. The van der Waals surface area contributed by atoms with Gasteiger partial charge in [-0.3, -0.25) is 14.7 Å². The Labute approximate surface area is 195 Å². The van der Waals surface area contributed by atoms with Crippen molar-refractivity contribution in [1.29, 1.82) is 0 Å². The first-order chi connectivity index (χ1) is 13.6. The third-order valence-electron chi connectivity index (χ3n) is 5.79. The summed E-state index contributed by atoms with van der Waals surface area (Å²) in [4.78, 5) is 27.0. The number of aromatic nitrogens is 1. The lowest BCUT2D eigenvalue weighted by Crippen LogP contribution is -2.52. The van der Waals surface area contributed by atoms with Gasteiger partial charge in [0.2, 0.25) is 5.91 Å². The molecule has 3 rings (SSSR count). The predicted molar refractivity (Wildman–Crippen MR) is 130 cm³/mol. The zero-order chi connectivity index (χ0) is 19.9. The quantitative estimate of drug-likeness (QED) is 0.318. The van der Waals surface area contributed by atoms with Crippen molar-refractivity contribution in [2.24, 2.45) is 10.9 Å². The maximum Gasteiger partial charge on any atom is 0.225 e. The first-order valence-corrected chi connectivity index (χ1v) is 11.3. The molecule has 2 heterocycles. The van der Waals surface area contributed by atoms with E-state index < -0.39 is 0 Å². The van der Waals surface area contributed by atoms with Gasteiger partial charge in [-0.2, -0.15) is 0 Å². The van der Waals surface area contributed by atoms with Crippen LogP contribution in [-0.4, -0.2) is 79.5 Å². The number of guanidine groups is 1. The number of nitrogens with one attached hydrogen (secondary N) is 2. The van der Waals surface area contributed by atoms with Gasteiger partial charge < -0.3 is 15.5 Å². The largest absolute Gasteiger partial charge is 0.356 e. The molecule has 2 fully saturated rings. The fourth-order valence-electron chi connectivity index (χ4n) is 3.59. The van der Waals surface area contributed by atoms with E-state index in [0.29, 0.717) is 11.8 Å². The molecule has 7 nitrogen and oxygen atoms in total. The van der Waals surface area contributed by atoms with E-state index in [9.17, 15) is 4.79 Å². The number of piperazine rings is 1. The highest BCUT2D eigenvalue weighted by Gasteiger charge is 2.30. The highest BCUT2D eigenvalue weighted by Crippen LogP contribution is 2.28. The van der Waals surface area contributed by atoms with Gasteiger partial charge in [-0.15, -0.1) is 35.3 Å². The topological polar surface area (TPSA) is 72.9 Å². The van der Waals surface area contributed by atoms with Crippen LogP contribution in [0.15, 0.2) is 4.99 Å². The molecule has 0 aromatic carbocycles. The van der Waals surface area contributed by atoms with Crippen LogP contribution >= 0.6 is 35.3 Å². The Balaban J connectivity index is 0.00000300. The van der Waals surface area contributed by atoms with Crippen molar-refractivity contribution in [3.63, 3.8) is 0 Å². The fraction of sp³-hybridized carbons (Fsp3) is 0.750. The number of aliphatic imine (C=N–C) groups is 1. The molecule has 0 radical (unpaired) electrons. The minimum atomic E-state index is 0. The molecule has 9 heteroatoms. The van der Waals surface area contributed by atoms with Gasteiger partial charge >= 0.3 is 0 Å². The van der Waals surface area contributed by atoms with Crippen LogP contribution in [-0.2, 0) is 11.2 Å². The maximum absolute atomic E-state index is 12.3. The van der Waals surface area contributed by atoms with E-state index in [1.165, 1.54) is 16.3 Å². The number of hydrogen-bond acceptors (Lipinski definition) is 5. The van der Waals surface area contributed by atoms with Crippen molar-refractivity contribution in [3.05, 3.63) is 15.6 Å². The van der Waals surface area contributed by atoms with Crippen LogP contribution in [0.5, 0.6) is 0 Å². The monoisotopic (exact) mass is 534 g/mol. The van der Waals surface area contributed by atoms with Crippen LogP contribution in [0.25, 0.3) is 0 Å². The van der Waals surface area contributed by atoms with Gasteiger partial charge in [-0.1, -0.05) is 6.42 Å². The van der Waals surface area contributed by atoms with E-state index in [1.807, 2.05) is 0 Å². The Bertz CT molecular complexity index is 663. The summed E-state index contributed by atoms with van der Waals surface area (Å²) >= 11 is 1.77. The van der Waals surface area contributed by atoms with Gasteiger partial charge in [0.25, 0.3) is 0 Å². The second-order valence-electron chi connectivity index (χ2n) is 7.72. The average Bonchev–Trinajstić information content (AvgIpc) is 2.97. The summed E-state index contributed by atoms with van der Waals surface area (Å²) in [5.41, 5.74) is 1.14. The third-order valence-corrected chi connectivity index (χ3v) is 6.92. The Morgan fingerprint density at radius 2 is 1.86 bits per heavy atom. The number of amides is 1. The smallest absolute Gasteiger partial charge is 0.225 e. The summed E-state index contributed by atoms with van der Waals surface area (Å²) in [6, 6.07) is 0. The molecule has 1 saturated heterocycles. The Kier molecular flexibility index (Phi) is 10.1. The van der Waals surface area contributed by atoms with Gasteiger partial charge in [0.1, 0.15) is 0 Å². The number of hydrogen-bond donors (Lipinski definition) is 2. The zero-order valence-corrected chi connectivity index (χ0v) is 21.0. The Morgan fingerprint density at radius 3 is 2.41 bits per heavy atom. The number of thiazole rings is 1. The van der Waals surface area contributed by atoms with E-state index >= 15 is 0 Å². The van der Waals surface area contributed by atoms with Crippen molar-refractivity contribution < 1.29 is 4.79 Å². The summed E-state index contributed by atoms with van der Waals surface area (Å²) in [6.45, 7) is 10.5. The molecule has 1 aromatic heterocycles. The number of aryl methyl sites for hydroxylation is 2. The molecule has 0 bridgehead atoms. The van der Waals surface area contributed by atoms with Crippen LogP contribution in [0.4, 0.5) is 0 Å². The second kappa shape index (κ2) is 12.0. The minimum absolute atomic E-state index is 0. The summed E-state index contributed by atoms with van der Waals surface area (Å²) in [7, 11) is 1.80. The molecule has 1 aromatic rings. The van der Waals surface area contributed by atoms with Crippen molar-refractivity contribution in [3.8, 4) is 0 Å². The number of carbonyl (C=O) groups is 1. The molecular weight excluding hydrogens is 499 g/mol. The minimum Gasteiger partial charge on any atom is -0.356 e. The lowest BCUT2D eigenvalue weighted by Gasteiger charge is -2.38. The van der Waals surface area contributed by atoms with Crippen LogP contribution in [0, 0.1) is 19.8 Å². The normalized spacial score (nSPS) is 18.2. The average molecular weight is 535 g/mol. The van der Waals surface area contributed by atoms with E-state index in [2.05, 4.69) is 44.3 Å². The molecule has 164 valence electrons. The Morgan fingerprint density at radius 1 is 1.17 bits per heavy atom. The molecular formula is C20H35IN6OS. The van der Waals surface area contributed by atoms with Gasteiger partial charge in [0, 0.05) is 70.1 Å². The highest BCUT2D eigenvalue weighted by molar-refractivity contribution is 14.0. The molecule has 29 heavy (non-hydrogen) atoms. The summed E-state index contributed by atoms with van der Waals surface area (Å²) in [6.07, 6.45) is 4.32. The SMILES string of the molecule is CN=C(NCCc1nc(C)c(C)s1)NCCN1CCN(C(=O)C2CCC2)CC1.I. The molecule has 1 amide bonds. The number of halogens is 1. The van der Waals surface area contributed by atoms with Crippen molar-refractivity contribution in [2.45, 2.75) is 39.5 Å². The van der Waals surface area contributed by atoms with E-state index in [0.717, 1.165) is 76.7 Å². The van der Waals surface area contributed by atoms with Crippen LogP contribution in [0.2, 0.25) is 0 Å². The zero-order valence-electron chi connectivity index (χ0n) is 17.9. The fourth-order valence-corrected chi connectivity index (χ4v) is 4.53. The summed E-state index contributed by atoms with van der Waals surface area (Å²) in [5.74, 6) is 1.54. The van der Waals surface area contributed by atoms with Crippen LogP contribution < -0.4 is 10.6 Å². The standard InChI is InChI=1S/C20H34N6OS.HI/c1-15-16(2)28-18(24-15)7-8-22-20(21-3)23-9-10-25-11-13-26(14-12-25)19(27)17-5-4-6-17;/h17H,4-14H2,1-3H3,(H2,21,22,23);1H. The molecule has 2 N–H and O–H groups in total. The molecule has 0 spiro atoms. The molecule has 0 atom stereocenters. The summed E-state index contributed by atoms with van der Waals surface area (Å²) in [5, 5.41) is 7.93. The van der Waals surface area contributed by atoms with Gasteiger partial charge in [0.15, 0.2) is 5.96 Å². The molecule has 1 aliphatic carbocycles. The third kappa shape index (κ3) is 7.06. The van der Waals surface area contributed by atoms with E-state index in [-0.39, 0.29) is 24.0 Å². The molecule has 1 aliphatic heterocycles. The van der Waals surface area contributed by atoms with E-state index in [4.69, 9.17) is 0 Å². The van der Waals surface area contributed by atoms with E-state index in [1.54, 1.807) is 18.4 Å². The lowest BCUT2D eigenvalue weighted by molar-refractivity contribution is -0.139. The van der Waals surface area contributed by atoms with Gasteiger partial charge in [-0.05, 0) is 26.7 Å². The highest BCUT2D eigenvalue weighted by atomic mass is 127. The molecule has 1 saturated carbocycles. The predicted octanol–water partition coefficient (Wildman–Crippen LogP) is 2.03. The first kappa shape index (κ1) is 24.3. The molecule has 2 aliphatic rings. The van der Waals surface area contributed by atoms with Crippen molar-refractivity contribution >= 4 is 47.2 Å². The van der Waals surface area contributed by atoms with Crippen LogP contribution in [0.3, 0.4) is 0 Å². The summed E-state index contributed by atoms with van der Waals surface area (Å²) < 4.78 is 0. The van der Waals surface area contributed by atoms with Gasteiger partial charge in [0.05, 0.1) is 10.7 Å². The Hall–Kier alpha value is -0.940. The van der Waals surface area contributed by atoms with Gasteiger partial charge in [-0.25, -0.2) is 4.98 Å². The lowest BCUT2D eigenvalue weighted by atomic mass is 9.84.